The highest BCUT2D eigenvalue weighted by atomic mass is 35.5. The SMILES string of the molecule is CCC(CC)(CO)NS(=O)(=O)c1cc(F)ccc1Cl. The lowest BCUT2D eigenvalue weighted by Gasteiger charge is -2.30. The third-order valence-electron chi connectivity index (χ3n) is 3.19. The van der Waals surface area contributed by atoms with E-state index in [0.717, 1.165) is 12.1 Å². The first-order chi connectivity index (χ1) is 8.80. The molecule has 4 nitrogen and oxygen atoms in total. The predicted octanol–water partition coefficient (Wildman–Crippen LogP) is 2.31. The Hall–Kier alpha value is -0.690. The zero-order chi connectivity index (χ0) is 14.7. The first kappa shape index (κ1) is 16.4. The smallest absolute Gasteiger partial charge is 0.242 e. The van der Waals surface area contributed by atoms with Crippen LogP contribution < -0.4 is 4.72 Å². The van der Waals surface area contributed by atoms with E-state index in [9.17, 15) is 17.9 Å². The van der Waals surface area contributed by atoms with Crippen LogP contribution in [0.5, 0.6) is 0 Å². The lowest BCUT2D eigenvalue weighted by Crippen LogP contribution is -2.50. The predicted molar refractivity (Wildman–Crippen MR) is 72.1 cm³/mol. The van der Waals surface area contributed by atoms with Gasteiger partial charge in [-0.1, -0.05) is 25.4 Å². The van der Waals surface area contributed by atoms with E-state index in [2.05, 4.69) is 4.72 Å². The van der Waals surface area contributed by atoms with Gasteiger partial charge in [0, 0.05) is 0 Å². The van der Waals surface area contributed by atoms with Crippen LogP contribution in [0.25, 0.3) is 0 Å². The Kier molecular flexibility index (Phi) is 5.32. The van der Waals surface area contributed by atoms with Crippen molar-refractivity contribution >= 4 is 21.6 Å². The highest BCUT2D eigenvalue weighted by Crippen LogP contribution is 2.25. The summed E-state index contributed by atoms with van der Waals surface area (Å²) in [5, 5.41) is 9.31. The Labute approximate surface area is 117 Å². The van der Waals surface area contributed by atoms with Gasteiger partial charge in [-0.3, -0.25) is 0 Å². The summed E-state index contributed by atoms with van der Waals surface area (Å²) in [6, 6.07) is 3.13. The molecule has 19 heavy (non-hydrogen) atoms. The van der Waals surface area contributed by atoms with E-state index in [4.69, 9.17) is 11.6 Å². The molecule has 0 saturated heterocycles. The van der Waals surface area contributed by atoms with Gasteiger partial charge >= 0.3 is 0 Å². The van der Waals surface area contributed by atoms with E-state index in [0.29, 0.717) is 12.8 Å². The first-order valence-electron chi connectivity index (χ1n) is 5.90. The Balaban J connectivity index is 3.21. The van der Waals surface area contributed by atoms with E-state index in [1.165, 1.54) is 6.07 Å². The molecular weight excluding hydrogens is 293 g/mol. The van der Waals surface area contributed by atoms with Gasteiger partial charge in [-0.25, -0.2) is 17.5 Å². The Morgan fingerprint density at radius 1 is 1.37 bits per heavy atom. The van der Waals surface area contributed by atoms with Crippen molar-refractivity contribution < 1.29 is 17.9 Å². The molecule has 1 aromatic carbocycles. The Morgan fingerprint density at radius 3 is 2.42 bits per heavy atom. The molecule has 0 fully saturated rings. The monoisotopic (exact) mass is 309 g/mol. The lowest BCUT2D eigenvalue weighted by molar-refractivity contribution is 0.172. The number of hydrogen-bond acceptors (Lipinski definition) is 3. The van der Waals surface area contributed by atoms with Crippen molar-refractivity contribution in [2.75, 3.05) is 6.61 Å². The quantitative estimate of drug-likeness (QED) is 0.847. The van der Waals surface area contributed by atoms with Crippen LogP contribution in [0.2, 0.25) is 5.02 Å². The second-order valence-electron chi connectivity index (χ2n) is 4.33. The zero-order valence-corrected chi connectivity index (χ0v) is 12.4. The van der Waals surface area contributed by atoms with Gasteiger partial charge in [0.15, 0.2) is 0 Å². The molecule has 0 saturated carbocycles. The molecule has 1 aromatic rings. The average molecular weight is 310 g/mol. The standard InChI is InChI=1S/C12H17ClFNO3S/c1-3-12(4-2,8-16)15-19(17,18)11-7-9(14)5-6-10(11)13/h5-7,15-16H,3-4,8H2,1-2H3. The van der Waals surface area contributed by atoms with Crippen molar-refractivity contribution in [2.24, 2.45) is 0 Å². The van der Waals surface area contributed by atoms with Gasteiger partial charge in [-0.05, 0) is 31.0 Å². The van der Waals surface area contributed by atoms with Crippen LogP contribution in [-0.4, -0.2) is 25.7 Å². The number of halogens is 2. The summed E-state index contributed by atoms with van der Waals surface area (Å²) in [7, 11) is -3.99. The highest BCUT2D eigenvalue weighted by molar-refractivity contribution is 7.89. The lowest BCUT2D eigenvalue weighted by atomic mass is 9.96. The van der Waals surface area contributed by atoms with Crippen LogP contribution in [0, 0.1) is 5.82 Å². The van der Waals surface area contributed by atoms with Crippen molar-refractivity contribution in [3.63, 3.8) is 0 Å². The minimum atomic E-state index is -3.99. The van der Waals surface area contributed by atoms with Gasteiger partial charge in [0.2, 0.25) is 10.0 Å². The van der Waals surface area contributed by atoms with Crippen LogP contribution in [0.3, 0.4) is 0 Å². The van der Waals surface area contributed by atoms with Gasteiger partial charge < -0.3 is 5.11 Å². The third-order valence-corrected chi connectivity index (χ3v) is 5.25. The minimum Gasteiger partial charge on any atom is -0.394 e. The van der Waals surface area contributed by atoms with Gasteiger partial charge in [-0.2, -0.15) is 0 Å². The van der Waals surface area contributed by atoms with Crippen LogP contribution in [0.15, 0.2) is 23.1 Å². The first-order valence-corrected chi connectivity index (χ1v) is 7.76. The Morgan fingerprint density at radius 2 is 1.95 bits per heavy atom. The number of sulfonamides is 1. The van der Waals surface area contributed by atoms with Crippen LogP contribution in [0.1, 0.15) is 26.7 Å². The second-order valence-corrected chi connectivity index (χ2v) is 6.38. The molecular formula is C12H17ClFNO3S. The van der Waals surface area contributed by atoms with E-state index in [-0.39, 0.29) is 16.5 Å². The third kappa shape index (κ3) is 3.66. The van der Waals surface area contributed by atoms with Crippen LogP contribution in [-0.2, 0) is 10.0 Å². The van der Waals surface area contributed by atoms with Crippen molar-refractivity contribution in [1.82, 2.24) is 4.72 Å². The molecule has 108 valence electrons. The van der Waals surface area contributed by atoms with Gasteiger partial charge in [-0.15, -0.1) is 0 Å². The molecule has 7 heteroatoms. The summed E-state index contributed by atoms with van der Waals surface area (Å²) < 4.78 is 40.0. The van der Waals surface area contributed by atoms with Gasteiger partial charge in [0.1, 0.15) is 10.7 Å². The molecule has 0 amide bonds. The fourth-order valence-electron chi connectivity index (χ4n) is 1.67. The summed E-state index contributed by atoms with van der Waals surface area (Å²) in [6.07, 6.45) is 0.818. The molecule has 0 heterocycles. The van der Waals surface area contributed by atoms with E-state index < -0.39 is 21.4 Å². The molecule has 0 aliphatic heterocycles. The van der Waals surface area contributed by atoms with Crippen LogP contribution in [0.4, 0.5) is 4.39 Å². The minimum absolute atomic E-state index is 0.0621. The topological polar surface area (TPSA) is 66.4 Å². The fourth-order valence-corrected chi connectivity index (χ4v) is 3.72. The van der Waals surface area contributed by atoms with E-state index in [1.54, 1.807) is 13.8 Å². The summed E-state index contributed by atoms with van der Waals surface area (Å²) in [5.74, 6) is -0.688. The van der Waals surface area contributed by atoms with E-state index in [1.807, 2.05) is 0 Å². The van der Waals surface area contributed by atoms with E-state index >= 15 is 0 Å². The molecule has 2 N–H and O–H groups in total. The number of hydrogen-bond donors (Lipinski definition) is 2. The second kappa shape index (κ2) is 6.17. The zero-order valence-electron chi connectivity index (χ0n) is 10.8. The van der Waals surface area contributed by atoms with Gasteiger partial charge in [0.25, 0.3) is 0 Å². The van der Waals surface area contributed by atoms with Gasteiger partial charge in [0.05, 0.1) is 17.2 Å². The molecule has 0 bridgehead atoms. The number of aliphatic hydroxyl groups excluding tert-OH is 1. The molecule has 0 aliphatic carbocycles. The van der Waals surface area contributed by atoms with Crippen LogP contribution >= 0.6 is 11.6 Å². The molecule has 0 unspecified atom stereocenters. The summed E-state index contributed by atoms with van der Waals surface area (Å²) in [5.41, 5.74) is -0.964. The fraction of sp³-hybridized carbons (Fsp3) is 0.500. The van der Waals surface area contributed by atoms with Crippen molar-refractivity contribution in [3.8, 4) is 0 Å². The van der Waals surface area contributed by atoms with Crippen molar-refractivity contribution in [3.05, 3.63) is 29.0 Å². The maximum atomic E-state index is 13.2. The number of benzene rings is 1. The summed E-state index contributed by atoms with van der Waals surface area (Å²) >= 11 is 5.79. The summed E-state index contributed by atoms with van der Waals surface area (Å²) in [4.78, 5) is -0.325. The molecule has 0 spiro atoms. The molecule has 0 atom stereocenters. The normalized spacial score (nSPS) is 12.7. The Bertz CT molecular complexity index is 536. The van der Waals surface area contributed by atoms with Crippen molar-refractivity contribution in [2.45, 2.75) is 37.1 Å². The average Bonchev–Trinajstić information content (AvgIpc) is 2.39. The molecule has 1 rings (SSSR count). The maximum Gasteiger partial charge on any atom is 0.242 e. The maximum absolute atomic E-state index is 13.2. The summed E-state index contributed by atoms with van der Waals surface area (Å²) in [6.45, 7) is 3.18. The number of nitrogens with one attached hydrogen (secondary N) is 1. The van der Waals surface area contributed by atoms with Crippen molar-refractivity contribution in [1.29, 1.82) is 0 Å². The molecule has 0 aromatic heterocycles. The number of rotatable bonds is 6. The molecule has 0 aliphatic rings. The molecule has 0 radical (unpaired) electrons. The number of aliphatic hydroxyl groups is 1. The largest absolute Gasteiger partial charge is 0.394 e. The highest BCUT2D eigenvalue weighted by Gasteiger charge is 2.32.